The molecule has 2 aromatic rings. The summed E-state index contributed by atoms with van der Waals surface area (Å²) in [6.45, 7) is 2.71. The predicted molar refractivity (Wildman–Crippen MR) is 95.6 cm³/mol. The normalized spacial score (nSPS) is 17.5. The van der Waals surface area contributed by atoms with Crippen molar-refractivity contribution in [2.45, 2.75) is 38.3 Å². The van der Waals surface area contributed by atoms with Crippen molar-refractivity contribution in [1.29, 1.82) is 0 Å². The molecular weight excluding hydrogens is 316 g/mol. The number of hydrogen-bond acceptors (Lipinski definition) is 6. The van der Waals surface area contributed by atoms with Crippen molar-refractivity contribution < 1.29 is 0 Å². The Morgan fingerprint density at radius 2 is 2.04 bits per heavy atom. The van der Waals surface area contributed by atoms with Crippen LogP contribution in [-0.4, -0.2) is 50.8 Å². The van der Waals surface area contributed by atoms with E-state index in [0.29, 0.717) is 6.04 Å². The highest BCUT2D eigenvalue weighted by Gasteiger charge is 2.31. The van der Waals surface area contributed by atoms with E-state index in [4.69, 9.17) is 0 Å². The number of likely N-dealkylation sites (N-methyl/N-ethyl adjacent to an activating group) is 1. The number of rotatable bonds is 4. The molecule has 1 saturated heterocycles. The highest BCUT2D eigenvalue weighted by Crippen LogP contribution is 2.26. The zero-order valence-electron chi connectivity index (χ0n) is 14.9. The molecule has 2 aliphatic rings. The molecule has 0 bridgehead atoms. The first-order valence-electron chi connectivity index (χ1n) is 8.92. The monoisotopic (exact) mass is 340 g/mol. The number of anilines is 1. The van der Waals surface area contributed by atoms with Crippen molar-refractivity contribution >= 4 is 5.82 Å². The second kappa shape index (κ2) is 6.55. The van der Waals surface area contributed by atoms with Gasteiger partial charge in [-0.25, -0.2) is 9.78 Å². The molecule has 0 radical (unpaired) electrons. The van der Waals surface area contributed by atoms with Crippen molar-refractivity contribution in [3.05, 3.63) is 45.8 Å². The lowest BCUT2D eigenvalue weighted by molar-refractivity contribution is 0.196. The van der Waals surface area contributed by atoms with Gasteiger partial charge in [-0.1, -0.05) is 0 Å². The van der Waals surface area contributed by atoms with Crippen LogP contribution in [0.3, 0.4) is 0 Å². The fourth-order valence-corrected chi connectivity index (χ4v) is 3.62. The molecule has 0 amide bonds. The van der Waals surface area contributed by atoms with Crippen LogP contribution >= 0.6 is 0 Å². The van der Waals surface area contributed by atoms with Gasteiger partial charge in [0.2, 0.25) is 0 Å². The van der Waals surface area contributed by atoms with Crippen molar-refractivity contribution in [3.63, 3.8) is 0 Å². The van der Waals surface area contributed by atoms with Gasteiger partial charge in [-0.05, 0) is 44.4 Å². The minimum absolute atomic E-state index is 0.216. The molecule has 7 heteroatoms. The van der Waals surface area contributed by atoms with Gasteiger partial charge in [0, 0.05) is 50.7 Å². The first kappa shape index (κ1) is 16.2. The maximum absolute atomic E-state index is 11.4. The summed E-state index contributed by atoms with van der Waals surface area (Å²) in [5.41, 5.74) is 3.40. The van der Waals surface area contributed by atoms with Gasteiger partial charge in [-0.15, -0.1) is 5.10 Å². The van der Waals surface area contributed by atoms with Crippen molar-refractivity contribution in [2.75, 3.05) is 25.0 Å². The summed E-state index contributed by atoms with van der Waals surface area (Å²) < 4.78 is 1.53. The second-order valence-electron chi connectivity index (χ2n) is 7.21. The molecule has 7 nitrogen and oxygen atoms in total. The largest absolute Gasteiger partial charge is 0.352 e. The molecule has 1 aliphatic carbocycles. The van der Waals surface area contributed by atoms with Crippen LogP contribution < -0.4 is 10.6 Å². The van der Waals surface area contributed by atoms with E-state index in [1.54, 1.807) is 13.2 Å². The Morgan fingerprint density at radius 1 is 1.24 bits per heavy atom. The first-order chi connectivity index (χ1) is 12.1. The third-order valence-electron chi connectivity index (χ3n) is 5.30. The lowest BCUT2D eigenvalue weighted by Crippen LogP contribution is -2.58. The zero-order valence-corrected chi connectivity index (χ0v) is 14.9. The van der Waals surface area contributed by atoms with Crippen LogP contribution in [-0.2, 0) is 26.4 Å². The van der Waals surface area contributed by atoms with Gasteiger partial charge in [0.05, 0.1) is 5.69 Å². The zero-order chi connectivity index (χ0) is 17.4. The Labute approximate surface area is 147 Å². The molecule has 0 saturated carbocycles. The summed E-state index contributed by atoms with van der Waals surface area (Å²) in [6.07, 6.45) is 8.23. The number of hydrogen-bond donors (Lipinski definition) is 0. The summed E-state index contributed by atoms with van der Waals surface area (Å²) >= 11 is 0. The highest BCUT2D eigenvalue weighted by atomic mass is 16.1. The van der Waals surface area contributed by atoms with Gasteiger partial charge in [-0.2, -0.15) is 5.10 Å². The van der Waals surface area contributed by atoms with Gasteiger partial charge in [0.25, 0.3) is 0 Å². The third kappa shape index (κ3) is 3.28. The van der Waals surface area contributed by atoms with Crippen LogP contribution in [0.5, 0.6) is 0 Å². The van der Waals surface area contributed by atoms with Crippen molar-refractivity contribution in [3.8, 4) is 0 Å². The molecule has 2 aromatic heterocycles. The fraction of sp³-hybridized carbons (Fsp3) is 0.556. The topological polar surface area (TPSA) is 67.2 Å². The van der Waals surface area contributed by atoms with Crippen LogP contribution in [0.25, 0.3) is 0 Å². The number of nitrogens with zero attached hydrogens (tertiary/aromatic N) is 6. The van der Waals surface area contributed by atoms with Crippen LogP contribution in [0.15, 0.2) is 23.3 Å². The summed E-state index contributed by atoms with van der Waals surface area (Å²) in [6, 6.07) is 2.71. The summed E-state index contributed by atoms with van der Waals surface area (Å²) in [5, 5.41) is 8.85. The molecular formula is C18H24N6O. The Kier molecular flexibility index (Phi) is 4.25. The molecule has 0 spiro atoms. The molecule has 0 aromatic carbocycles. The average molecular weight is 340 g/mol. The number of aromatic nitrogens is 4. The molecule has 1 aliphatic heterocycles. The van der Waals surface area contributed by atoms with Gasteiger partial charge in [0.1, 0.15) is 0 Å². The Morgan fingerprint density at radius 3 is 2.84 bits per heavy atom. The predicted octanol–water partition coefficient (Wildman–Crippen LogP) is 0.770. The van der Waals surface area contributed by atoms with E-state index in [9.17, 15) is 4.79 Å². The van der Waals surface area contributed by atoms with Crippen molar-refractivity contribution in [1.82, 2.24) is 24.6 Å². The summed E-state index contributed by atoms with van der Waals surface area (Å²) in [7, 11) is 3.85. The summed E-state index contributed by atoms with van der Waals surface area (Å²) in [5.74, 6) is 1.01. The van der Waals surface area contributed by atoms with E-state index in [0.717, 1.165) is 43.9 Å². The minimum atomic E-state index is -0.216. The van der Waals surface area contributed by atoms with E-state index < -0.39 is 0 Å². The molecule has 1 fully saturated rings. The van der Waals surface area contributed by atoms with Crippen LogP contribution in [0.1, 0.15) is 29.7 Å². The third-order valence-corrected chi connectivity index (χ3v) is 5.30. The van der Waals surface area contributed by atoms with E-state index in [1.165, 1.54) is 28.7 Å². The number of aryl methyl sites for hydroxylation is 3. The van der Waals surface area contributed by atoms with Crippen LogP contribution in [0.2, 0.25) is 0 Å². The van der Waals surface area contributed by atoms with E-state index >= 15 is 0 Å². The lowest BCUT2D eigenvalue weighted by atomic mass is 9.96. The Bertz CT molecular complexity index is 827. The maximum Gasteiger partial charge on any atom is 0.347 e. The minimum Gasteiger partial charge on any atom is -0.352 e. The summed E-state index contributed by atoms with van der Waals surface area (Å²) in [4.78, 5) is 19.9. The average Bonchev–Trinajstić information content (AvgIpc) is 2.57. The highest BCUT2D eigenvalue weighted by molar-refractivity contribution is 5.45. The molecule has 132 valence electrons. The van der Waals surface area contributed by atoms with Gasteiger partial charge in [0.15, 0.2) is 5.82 Å². The van der Waals surface area contributed by atoms with Gasteiger partial charge < -0.3 is 9.47 Å². The number of fused-ring (bicyclic) bond motifs is 1. The SMILES string of the molecule is CN(Cc1cnc(=O)n(C)c1)C1CN(c2cc3c(nn2)CCCC3)C1. The van der Waals surface area contributed by atoms with Crippen molar-refractivity contribution in [2.24, 2.45) is 7.05 Å². The maximum atomic E-state index is 11.4. The molecule has 0 N–H and O–H groups in total. The first-order valence-corrected chi connectivity index (χ1v) is 8.92. The van der Waals surface area contributed by atoms with E-state index in [-0.39, 0.29) is 5.69 Å². The molecule has 25 heavy (non-hydrogen) atoms. The van der Waals surface area contributed by atoms with Gasteiger partial charge >= 0.3 is 5.69 Å². The quantitative estimate of drug-likeness (QED) is 0.819. The van der Waals surface area contributed by atoms with E-state index in [1.807, 2.05) is 6.20 Å². The fourth-order valence-electron chi connectivity index (χ4n) is 3.62. The Balaban J connectivity index is 1.36. The van der Waals surface area contributed by atoms with Gasteiger partial charge in [-0.3, -0.25) is 4.90 Å². The molecule has 0 atom stereocenters. The smallest absolute Gasteiger partial charge is 0.347 e. The lowest BCUT2D eigenvalue weighted by Gasteiger charge is -2.44. The molecule has 4 rings (SSSR count). The standard InChI is InChI=1S/C18H24N6O/c1-22(9-13-8-19-18(25)23(2)10-13)15-11-24(12-15)17-7-14-5-3-4-6-16(14)20-21-17/h7-8,10,15H,3-6,9,11-12H2,1-2H3. The van der Waals surface area contributed by atoms with Crippen LogP contribution in [0.4, 0.5) is 5.82 Å². The molecule has 3 heterocycles. The second-order valence-corrected chi connectivity index (χ2v) is 7.21. The van der Waals surface area contributed by atoms with E-state index in [2.05, 4.69) is 38.1 Å². The molecule has 0 unspecified atom stereocenters. The van der Waals surface area contributed by atoms with Crippen LogP contribution in [0, 0.1) is 0 Å². The Hall–Kier alpha value is -2.28.